The normalized spacial score (nSPS) is 10.9. The molecule has 140 valence electrons. The monoisotopic (exact) mass is 361 g/mol. The second-order valence-corrected chi connectivity index (χ2v) is 6.10. The number of hydrogen-bond donors (Lipinski definition) is 2. The Morgan fingerprint density at radius 3 is 2.31 bits per heavy atom. The topological polar surface area (TPSA) is 58.4 Å². The molecule has 6 heteroatoms. The average Bonchev–Trinajstić information content (AvgIpc) is 2.63. The van der Waals surface area contributed by atoms with Gasteiger partial charge in [0.1, 0.15) is 11.6 Å². The van der Waals surface area contributed by atoms with Gasteiger partial charge < -0.3 is 11.1 Å². The van der Waals surface area contributed by atoms with Crippen LogP contribution in [0.1, 0.15) is 11.1 Å². The molecule has 0 radical (unpaired) electrons. The van der Waals surface area contributed by atoms with Crippen molar-refractivity contribution in [1.82, 2.24) is 10.2 Å². The van der Waals surface area contributed by atoms with Gasteiger partial charge in [-0.1, -0.05) is 36.4 Å². The maximum absolute atomic E-state index is 13.6. The fraction of sp³-hybridized carbons (Fsp3) is 0.350. The third kappa shape index (κ3) is 6.54. The van der Waals surface area contributed by atoms with Gasteiger partial charge in [0.15, 0.2) is 0 Å². The van der Waals surface area contributed by atoms with E-state index in [1.807, 2.05) is 35.2 Å². The molecule has 1 amide bonds. The van der Waals surface area contributed by atoms with Gasteiger partial charge >= 0.3 is 0 Å². The van der Waals surface area contributed by atoms with Crippen molar-refractivity contribution in [2.75, 3.05) is 32.7 Å². The molecule has 0 atom stereocenters. The molecule has 2 rings (SSSR count). The molecule has 0 saturated carbocycles. The molecule has 0 aliphatic heterocycles. The minimum Gasteiger partial charge on any atom is -0.355 e. The first-order valence-electron chi connectivity index (χ1n) is 8.76. The van der Waals surface area contributed by atoms with Crippen LogP contribution in [0, 0.1) is 11.6 Å². The predicted octanol–water partition coefficient (Wildman–Crippen LogP) is 2.13. The Morgan fingerprint density at radius 2 is 1.65 bits per heavy atom. The first-order chi connectivity index (χ1) is 12.6. The summed E-state index contributed by atoms with van der Waals surface area (Å²) in [7, 11) is 0. The molecule has 2 aromatic rings. The Morgan fingerprint density at radius 1 is 0.962 bits per heavy atom. The lowest BCUT2D eigenvalue weighted by Crippen LogP contribution is -2.41. The molecule has 0 aromatic heterocycles. The molecule has 0 fully saturated rings. The molecule has 26 heavy (non-hydrogen) atoms. The van der Waals surface area contributed by atoms with Crippen LogP contribution < -0.4 is 11.1 Å². The summed E-state index contributed by atoms with van der Waals surface area (Å²) in [5.41, 5.74) is 6.82. The highest BCUT2D eigenvalue weighted by atomic mass is 19.1. The van der Waals surface area contributed by atoms with Crippen LogP contribution in [0.4, 0.5) is 8.78 Å². The number of amides is 1. The molecular weight excluding hydrogens is 336 g/mol. The van der Waals surface area contributed by atoms with Crippen LogP contribution in [0.15, 0.2) is 48.5 Å². The van der Waals surface area contributed by atoms with Gasteiger partial charge in [-0.2, -0.15) is 0 Å². The fourth-order valence-corrected chi connectivity index (χ4v) is 2.74. The summed E-state index contributed by atoms with van der Waals surface area (Å²) in [4.78, 5) is 14.1. The van der Waals surface area contributed by atoms with Crippen molar-refractivity contribution in [1.29, 1.82) is 0 Å². The van der Waals surface area contributed by atoms with Crippen molar-refractivity contribution in [2.45, 2.75) is 12.8 Å². The average molecular weight is 361 g/mol. The third-order valence-electron chi connectivity index (χ3n) is 4.13. The van der Waals surface area contributed by atoms with Crippen LogP contribution in [0.2, 0.25) is 0 Å². The number of nitrogens with two attached hydrogens (primary N) is 1. The predicted molar refractivity (Wildman–Crippen MR) is 98.7 cm³/mol. The summed E-state index contributed by atoms with van der Waals surface area (Å²) in [5.74, 6) is -1.36. The Labute approximate surface area is 153 Å². The zero-order valence-electron chi connectivity index (χ0n) is 14.8. The Hall–Kier alpha value is -2.31. The molecule has 0 bridgehead atoms. The Balaban J connectivity index is 1.78. The summed E-state index contributed by atoms with van der Waals surface area (Å²) >= 11 is 0. The molecule has 0 spiro atoms. The van der Waals surface area contributed by atoms with Crippen LogP contribution in [-0.2, 0) is 17.6 Å². The highest BCUT2D eigenvalue weighted by Gasteiger charge is 2.12. The van der Waals surface area contributed by atoms with E-state index in [1.54, 1.807) is 0 Å². The maximum Gasteiger partial charge on any atom is 0.234 e. The number of nitrogens with one attached hydrogen (secondary N) is 1. The molecule has 0 unspecified atom stereocenters. The molecule has 0 heterocycles. The van der Waals surface area contributed by atoms with E-state index in [0.717, 1.165) is 13.0 Å². The molecule has 3 N–H and O–H groups in total. The molecule has 0 saturated heterocycles. The van der Waals surface area contributed by atoms with Gasteiger partial charge in [-0.25, -0.2) is 8.78 Å². The first kappa shape index (κ1) is 20.0. The second-order valence-electron chi connectivity index (χ2n) is 6.10. The summed E-state index contributed by atoms with van der Waals surface area (Å²) in [6.45, 7) is 2.19. The molecule has 0 aliphatic rings. The van der Waals surface area contributed by atoms with E-state index in [4.69, 9.17) is 5.73 Å². The minimum atomic E-state index is -0.591. The smallest absolute Gasteiger partial charge is 0.234 e. The summed E-state index contributed by atoms with van der Waals surface area (Å²) in [6.07, 6.45) is 0.944. The van der Waals surface area contributed by atoms with E-state index >= 15 is 0 Å². The number of halogens is 2. The third-order valence-corrected chi connectivity index (χ3v) is 4.13. The van der Waals surface area contributed by atoms with Gasteiger partial charge in [-0.15, -0.1) is 0 Å². The van der Waals surface area contributed by atoms with Gasteiger partial charge in [0.2, 0.25) is 5.91 Å². The van der Waals surface area contributed by atoms with Crippen molar-refractivity contribution < 1.29 is 13.6 Å². The summed E-state index contributed by atoms with van der Waals surface area (Å²) in [5, 5.41) is 2.72. The number of carbonyl (C=O) groups is 1. The SMILES string of the molecule is NCCN(CCc1ccccc1)CC(=O)NCCc1c(F)cccc1F. The Bertz CT molecular complexity index is 674. The standard InChI is InChI=1S/C20H25F2N3O/c21-18-7-4-8-19(22)17(18)9-12-24-20(26)15-25(14-11-23)13-10-16-5-2-1-3-6-16/h1-8H,9-15,23H2,(H,24,26). The van der Waals surface area contributed by atoms with Crippen molar-refractivity contribution in [3.63, 3.8) is 0 Å². The quantitative estimate of drug-likeness (QED) is 0.682. The fourth-order valence-electron chi connectivity index (χ4n) is 2.74. The number of rotatable bonds is 10. The van der Waals surface area contributed by atoms with Crippen molar-refractivity contribution in [3.8, 4) is 0 Å². The summed E-state index contributed by atoms with van der Waals surface area (Å²) in [6, 6.07) is 13.8. The highest BCUT2D eigenvalue weighted by Crippen LogP contribution is 2.12. The Kier molecular flexibility index (Phi) is 8.18. The van der Waals surface area contributed by atoms with Crippen LogP contribution >= 0.6 is 0 Å². The maximum atomic E-state index is 13.6. The molecule has 4 nitrogen and oxygen atoms in total. The number of benzene rings is 2. The number of nitrogens with zero attached hydrogens (tertiary/aromatic N) is 1. The second kappa shape index (κ2) is 10.6. The van der Waals surface area contributed by atoms with E-state index in [2.05, 4.69) is 5.32 Å². The lowest BCUT2D eigenvalue weighted by Gasteiger charge is -2.21. The van der Waals surface area contributed by atoms with Gasteiger partial charge in [0.05, 0.1) is 6.54 Å². The molecule has 2 aromatic carbocycles. The van der Waals surface area contributed by atoms with E-state index in [1.165, 1.54) is 23.8 Å². The van der Waals surface area contributed by atoms with Gasteiger partial charge in [0.25, 0.3) is 0 Å². The summed E-state index contributed by atoms with van der Waals surface area (Å²) < 4.78 is 27.1. The number of hydrogen-bond acceptors (Lipinski definition) is 3. The lowest BCUT2D eigenvalue weighted by molar-refractivity contribution is -0.122. The largest absolute Gasteiger partial charge is 0.355 e. The van der Waals surface area contributed by atoms with E-state index in [9.17, 15) is 13.6 Å². The van der Waals surface area contributed by atoms with Crippen LogP contribution in [0.3, 0.4) is 0 Å². The van der Waals surface area contributed by atoms with E-state index < -0.39 is 11.6 Å². The van der Waals surface area contributed by atoms with E-state index in [0.29, 0.717) is 13.1 Å². The first-order valence-corrected chi connectivity index (χ1v) is 8.76. The number of carbonyl (C=O) groups excluding carboxylic acids is 1. The highest BCUT2D eigenvalue weighted by molar-refractivity contribution is 5.78. The van der Waals surface area contributed by atoms with E-state index in [-0.39, 0.29) is 31.0 Å². The van der Waals surface area contributed by atoms with Crippen LogP contribution in [-0.4, -0.2) is 43.5 Å². The van der Waals surface area contributed by atoms with Gasteiger partial charge in [-0.05, 0) is 30.5 Å². The zero-order chi connectivity index (χ0) is 18.8. The van der Waals surface area contributed by atoms with Gasteiger partial charge in [0, 0.05) is 31.7 Å². The lowest BCUT2D eigenvalue weighted by atomic mass is 10.1. The molecular formula is C20H25F2N3O. The van der Waals surface area contributed by atoms with Crippen LogP contribution in [0.5, 0.6) is 0 Å². The van der Waals surface area contributed by atoms with Crippen molar-refractivity contribution >= 4 is 5.91 Å². The van der Waals surface area contributed by atoms with Crippen molar-refractivity contribution in [2.24, 2.45) is 5.73 Å². The van der Waals surface area contributed by atoms with Gasteiger partial charge in [-0.3, -0.25) is 9.69 Å². The van der Waals surface area contributed by atoms with Crippen LogP contribution in [0.25, 0.3) is 0 Å². The zero-order valence-corrected chi connectivity index (χ0v) is 14.8. The van der Waals surface area contributed by atoms with Crippen molar-refractivity contribution in [3.05, 3.63) is 71.3 Å². The minimum absolute atomic E-state index is 0.00399. The molecule has 0 aliphatic carbocycles.